The van der Waals surface area contributed by atoms with Crippen molar-refractivity contribution in [3.05, 3.63) is 58.1 Å². The van der Waals surface area contributed by atoms with Crippen LogP contribution in [0.25, 0.3) is 0 Å². The number of carbonyl (C=O) groups is 2. The molecule has 0 heterocycles. The lowest BCUT2D eigenvalue weighted by atomic mass is 10.2. The first kappa shape index (κ1) is 16.0. The molecular formula is C16H15BrN2O3. The summed E-state index contributed by atoms with van der Waals surface area (Å²) in [5, 5.41) is 14.7. The number of hydrogen-bond acceptors (Lipinski definition) is 3. The number of anilines is 1. The number of halogens is 1. The minimum Gasteiger partial charge on any atom is -0.507 e. The van der Waals surface area contributed by atoms with E-state index in [1.54, 1.807) is 18.2 Å². The highest BCUT2D eigenvalue weighted by Gasteiger charge is 2.11. The van der Waals surface area contributed by atoms with E-state index in [1.807, 2.05) is 19.1 Å². The number of carbonyl (C=O) groups excluding carboxylic acids is 2. The van der Waals surface area contributed by atoms with Crippen molar-refractivity contribution in [2.45, 2.75) is 6.92 Å². The summed E-state index contributed by atoms with van der Waals surface area (Å²) in [5.41, 5.74) is 1.79. The third-order valence-electron chi connectivity index (χ3n) is 3.00. The second-order valence-electron chi connectivity index (χ2n) is 4.71. The molecule has 6 heteroatoms. The molecule has 2 aromatic carbocycles. The number of hydrogen-bond donors (Lipinski definition) is 3. The van der Waals surface area contributed by atoms with Crippen LogP contribution >= 0.6 is 15.9 Å². The summed E-state index contributed by atoms with van der Waals surface area (Å²) in [5.74, 6) is -0.963. The van der Waals surface area contributed by atoms with Gasteiger partial charge in [0.1, 0.15) is 5.75 Å². The zero-order valence-electron chi connectivity index (χ0n) is 11.9. The summed E-state index contributed by atoms with van der Waals surface area (Å²) < 4.78 is 0.957. The summed E-state index contributed by atoms with van der Waals surface area (Å²) in [7, 11) is 0. The lowest BCUT2D eigenvalue weighted by Gasteiger charge is -2.09. The van der Waals surface area contributed by atoms with E-state index in [2.05, 4.69) is 26.6 Å². The van der Waals surface area contributed by atoms with Gasteiger partial charge in [-0.3, -0.25) is 9.59 Å². The van der Waals surface area contributed by atoms with Crippen LogP contribution in [0.1, 0.15) is 15.9 Å². The number of phenols is 1. The zero-order valence-corrected chi connectivity index (χ0v) is 13.5. The molecule has 0 saturated carbocycles. The molecule has 0 bridgehead atoms. The summed E-state index contributed by atoms with van der Waals surface area (Å²) in [6.45, 7) is 1.74. The third kappa shape index (κ3) is 4.08. The van der Waals surface area contributed by atoms with E-state index in [0.29, 0.717) is 5.69 Å². The van der Waals surface area contributed by atoms with E-state index in [1.165, 1.54) is 12.1 Å². The Morgan fingerprint density at radius 3 is 2.59 bits per heavy atom. The Morgan fingerprint density at radius 2 is 1.91 bits per heavy atom. The van der Waals surface area contributed by atoms with Crippen LogP contribution in [0.3, 0.4) is 0 Å². The molecule has 114 valence electrons. The predicted octanol–water partition coefficient (Wildman–Crippen LogP) is 2.83. The largest absolute Gasteiger partial charge is 0.507 e. The molecule has 2 aromatic rings. The van der Waals surface area contributed by atoms with Crippen molar-refractivity contribution >= 4 is 33.4 Å². The van der Waals surface area contributed by atoms with Gasteiger partial charge in [0.25, 0.3) is 5.91 Å². The second kappa shape index (κ2) is 7.09. The topological polar surface area (TPSA) is 78.4 Å². The molecule has 0 aliphatic rings. The summed E-state index contributed by atoms with van der Waals surface area (Å²) >= 11 is 3.38. The van der Waals surface area contributed by atoms with Crippen LogP contribution in [0.2, 0.25) is 0 Å². The number of benzene rings is 2. The van der Waals surface area contributed by atoms with Gasteiger partial charge in [-0.05, 0) is 42.8 Å². The van der Waals surface area contributed by atoms with Gasteiger partial charge in [-0.25, -0.2) is 0 Å². The highest BCUT2D eigenvalue weighted by atomic mass is 79.9. The highest BCUT2D eigenvalue weighted by molar-refractivity contribution is 9.10. The van der Waals surface area contributed by atoms with E-state index in [9.17, 15) is 14.7 Å². The smallest absolute Gasteiger partial charge is 0.255 e. The van der Waals surface area contributed by atoms with Crippen LogP contribution in [0.15, 0.2) is 46.9 Å². The molecule has 22 heavy (non-hydrogen) atoms. The van der Waals surface area contributed by atoms with Crippen LogP contribution in [-0.4, -0.2) is 23.5 Å². The molecule has 5 nitrogen and oxygen atoms in total. The maximum Gasteiger partial charge on any atom is 0.255 e. The summed E-state index contributed by atoms with van der Waals surface area (Å²) in [6, 6.07) is 11.6. The van der Waals surface area contributed by atoms with Crippen molar-refractivity contribution < 1.29 is 14.7 Å². The van der Waals surface area contributed by atoms with Gasteiger partial charge in [-0.15, -0.1) is 0 Å². The number of rotatable bonds is 4. The van der Waals surface area contributed by atoms with Crippen LogP contribution in [-0.2, 0) is 4.79 Å². The predicted molar refractivity (Wildman–Crippen MR) is 87.9 cm³/mol. The molecule has 0 fully saturated rings. The minimum absolute atomic E-state index is 0.121. The standard InChI is InChI=1S/C16H15BrN2O3/c1-10-8-11(6-7-13(10)17)19-15(21)9-18-16(22)12-4-2-3-5-14(12)20/h2-8,20H,9H2,1H3,(H,18,22)(H,19,21). The maximum atomic E-state index is 11.9. The van der Waals surface area contributed by atoms with Crippen molar-refractivity contribution in [1.82, 2.24) is 5.32 Å². The number of nitrogens with one attached hydrogen (secondary N) is 2. The first-order valence-corrected chi connectivity index (χ1v) is 7.39. The second-order valence-corrected chi connectivity index (χ2v) is 5.57. The Labute approximate surface area is 136 Å². The quantitative estimate of drug-likeness (QED) is 0.782. The van der Waals surface area contributed by atoms with Crippen molar-refractivity contribution in [3.8, 4) is 5.75 Å². The first-order chi connectivity index (χ1) is 10.5. The fourth-order valence-corrected chi connectivity index (χ4v) is 2.10. The Balaban J connectivity index is 1.91. The Bertz CT molecular complexity index is 716. The Kier molecular flexibility index (Phi) is 5.16. The van der Waals surface area contributed by atoms with Crippen molar-refractivity contribution in [3.63, 3.8) is 0 Å². The Morgan fingerprint density at radius 1 is 1.18 bits per heavy atom. The van der Waals surface area contributed by atoms with Gasteiger partial charge in [0.2, 0.25) is 5.91 Å². The molecule has 0 aromatic heterocycles. The van der Waals surface area contributed by atoms with Crippen LogP contribution in [0.4, 0.5) is 5.69 Å². The molecule has 0 radical (unpaired) electrons. The lowest BCUT2D eigenvalue weighted by molar-refractivity contribution is -0.115. The molecule has 2 rings (SSSR count). The van der Waals surface area contributed by atoms with Crippen molar-refractivity contribution in [2.24, 2.45) is 0 Å². The number of amides is 2. The highest BCUT2D eigenvalue weighted by Crippen LogP contribution is 2.20. The summed E-state index contributed by atoms with van der Waals surface area (Å²) in [4.78, 5) is 23.7. The van der Waals surface area contributed by atoms with Crippen LogP contribution in [0, 0.1) is 6.92 Å². The van der Waals surface area contributed by atoms with Gasteiger partial charge in [-0.2, -0.15) is 0 Å². The molecule has 0 saturated heterocycles. The normalized spacial score (nSPS) is 10.1. The molecule has 0 spiro atoms. The molecule has 3 N–H and O–H groups in total. The van der Waals surface area contributed by atoms with E-state index in [4.69, 9.17) is 0 Å². The maximum absolute atomic E-state index is 11.9. The molecule has 0 atom stereocenters. The van der Waals surface area contributed by atoms with Gasteiger partial charge >= 0.3 is 0 Å². The van der Waals surface area contributed by atoms with Gasteiger partial charge in [-0.1, -0.05) is 28.1 Å². The van der Waals surface area contributed by atoms with Crippen LogP contribution < -0.4 is 10.6 Å². The molecule has 0 aliphatic carbocycles. The third-order valence-corrected chi connectivity index (χ3v) is 3.89. The van der Waals surface area contributed by atoms with Crippen LogP contribution in [0.5, 0.6) is 5.75 Å². The number of para-hydroxylation sites is 1. The molecular weight excluding hydrogens is 348 g/mol. The fraction of sp³-hybridized carbons (Fsp3) is 0.125. The van der Waals surface area contributed by atoms with Gasteiger partial charge in [0.15, 0.2) is 0 Å². The first-order valence-electron chi connectivity index (χ1n) is 6.59. The monoisotopic (exact) mass is 362 g/mol. The minimum atomic E-state index is -0.500. The zero-order chi connectivity index (χ0) is 16.1. The molecule has 0 aliphatic heterocycles. The molecule has 0 unspecified atom stereocenters. The summed E-state index contributed by atoms with van der Waals surface area (Å²) in [6.07, 6.45) is 0. The number of aryl methyl sites for hydroxylation is 1. The Hall–Kier alpha value is -2.34. The van der Waals surface area contributed by atoms with Gasteiger partial charge in [0.05, 0.1) is 12.1 Å². The lowest BCUT2D eigenvalue weighted by Crippen LogP contribution is -2.32. The van der Waals surface area contributed by atoms with Gasteiger partial charge in [0, 0.05) is 10.2 Å². The van der Waals surface area contributed by atoms with E-state index >= 15 is 0 Å². The average molecular weight is 363 g/mol. The van der Waals surface area contributed by atoms with Crippen molar-refractivity contribution in [1.29, 1.82) is 0 Å². The van der Waals surface area contributed by atoms with E-state index in [-0.39, 0.29) is 23.8 Å². The number of phenolic OH excluding ortho intramolecular Hbond substituents is 1. The van der Waals surface area contributed by atoms with E-state index in [0.717, 1.165) is 10.0 Å². The average Bonchev–Trinajstić information content (AvgIpc) is 2.49. The molecule has 2 amide bonds. The van der Waals surface area contributed by atoms with E-state index < -0.39 is 5.91 Å². The number of aromatic hydroxyl groups is 1. The fourth-order valence-electron chi connectivity index (χ4n) is 1.85. The van der Waals surface area contributed by atoms with Gasteiger partial charge < -0.3 is 15.7 Å². The SMILES string of the molecule is Cc1cc(NC(=O)CNC(=O)c2ccccc2O)ccc1Br. The van der Waals surface area contributed by atoms with Crippen molar-refractivity contribution in [2.75, 3.05) is 11.9 Å².